The van der Waals surface area contributed by atoms with Crippen LogP contribution in [0.25, 0.3) is 5.69 Å². The molecule has 0 aliphatic rings. The van der Waals surface area contributed by atoms with Crippen molar-refractivity contribution in [3.63, 3.8) is 0 Å². The normalized spacial score (nSPS) is 10.4. The second-order valence-electron chi connectivity index (χ2n) is 4.21. The molecule has 1 aromatic heterocycles. The topological polar surface area (TPSA) is 52.0 Å². The lowest BCUT2D eigenvalue weighted by atomic mass is 9.98. The summed E-state index contributed by atoms with van der Waals surface area (Å²) in [6, 6.07) is 7.01. The molecule has 0 N–H and O–H groups in total. The fourth-order valence-electron chi connectivity index (χ4n) is 2.02. The number of ketones is 2. The Labute approximate surface area is 112 Å². The summed E-state index contributed by atoms with van der Waals surface area (Å²) in [5.74, 6) is 0.0208. The molecule has 19 heavy (non-hydrogen) atoms. The number of benzene rings is 1. The summed E-state index contributed by atoms with van der Waals surface area (Å²) >= 11 is 0. The van der Waals surface area contributed by atoms with Crippen molar-refractivity contribution in [2.45, 2.75) is 26.7 Å². The van der Waals surface area contributed by atoms with Gasteiger partial charge in [-0.1, -0.05) is 19.9 Å². The van der Waals surface area contributed by atoms with Gasteiger partial charge >= 0.3 is 0 Å². The minimum Gasteiger partial charge on any atom is -0.294 e. The lowest BCUT2D eigenvalue weighted by Crippen LogP contribution is -2.12. The first-order chi connectivity index (χ1) is 9.19. The van der Waals surface area contributed by atoms with Gasteiger partial charge < -0.3 is 0 Å². The van der Waals surface area contributed by atoms with Crippen LogP contribution in [0.2, 0.25) is 0 Å². The molecule has 2 aromatic rings. The maximum atomic E-state index is 12.0. The summed E-state index contributed by atoms with van der Waals surface area (Å²) < 4.78 is 1.59. The van der Waals surface area contributed by atoms with Gasteiger partial charge in [-0.15, -0.1) is 0 Å². The van der Waals surface area contributed by atoms with Gasteiger partial charge in [-0.2, -0.15) is 5.10 Å². The van der Waals surface area contributed by atoms with Gasteiger partial charge in [0.1, 0.15) is 0 Å². The third kappa shape index (κ3) is 2.47. The Kier molecular flexibility index (Phi) is 3.90. The van der Waals surface area contributed by atoms with Crippen molar-refractivity contribution in [2.24, 2.45) is 0 Å². The molecule has 0 radical (unpaired) electrons. The number of nitrogens with zero attached hydrogens (tertiary/aromatic N) is 2. The van der Waals surface area contributed by atoms with Gasteiger partial charge in [0.15, 0.2) is 11.6 Å². The number of carbonyl (C=O) groups is 2. The number of Topliss-reactive ketones (excluding diaryl/α,β-unsaturated/α-hetero) is 2. The van der Waals surface area contributed by atoms with E-state index in [1.165, 1.54) is 0 Å². The second-order valence-corrected chi connectivity index (χ2v) is 4.21. The Morgan fingerprint density at radius 2 is 1.63 bits per heavy atom. The van der Waals surface area contributed by atoms with Crippen LogP contribution in [0.15, 0.2) is 36.7 Å². The standard InChI is InChI=1S/C15H16N2O2/c1-3-13(18)11-7-5-8-12(14(19)4-2)15(11)17-10-6-9-16-17/h5-10H,3-4H2,1-2H3. The predicted molar refractivity (Wildman–Crippen MR) is 72.8 cm³/mol. The van der Waals surface area contributed by atoms with E-state index in [2.05, 4.69) is 5.10 Å². The molecule has 0 aliphatic carbocycles. The average molecular weight is 256 g/mol. The molecule has 4 nitrogen and oxygen atoms in total. The maximum absolute atomic E-state index is 12.0. The minimum absolute atomic E-state index is 0.0104. The molecule has 0 spiro atoms. The molecule has 1 aromatic carbocycles. The van der Waals surface area contributed by atoms with Crippen molar-refractivity contribution in [1.82, 2.24) is 9.78 Å². The first-order valence-corrected chi connectivity index (χ1v) is 6.38. The van der Waals surface area contributed by atoms with Crippen molar-refractivity contribution in [2.75, 3.05) is 0 Å². The maximum Gasteiger partial charge on any atom is 0.164 e. The molecular weight excluding hydrogens is 240 g/mol. The lowest BCUT2D eigenvalue weighted by molar-refractivity contribution is 0.0987. The Morgan fingerprint density at radius 3 is 2.05 bits per heavy atom. The number of para-hydroxylation sites is 1. The first kappa shape index (κ1) is 13.2. The van der Waals surface area contributed by atoms with Gasteiger partial charge in [-0.05, 0) is 18.2 Å². The second kappa shape index (κ2) is 5.61. The van der Waals surface area contributed by atoms with Crippen molar-refractivity contribution < 1.29 is 9.59 Å². The summed E-state index contributed by atoms with van der Waals surface area (Å²) in [5, 5.41) is 4.15. The van der Waals surface area contributed by atoms with Crippen LogP contribution in [0.5, 0.6) is 0 Å². The van der Waals surface area contributed by atoms with Gasteiger partial charge in [0.25, 0.3) is 0 Å². The number of hydrogen-bond acceptors (Lipinski definition) is 3. The monoisotopic (exact) mass is 256 g/mol. The van der Waals surface area contributed by atoms with Crippen LogP contribution in [-0.4, -0.2) is 21.3 Å². The van der Waals surface area contributed by atoms with Crippen LogP contribution in [0.1, 0.15) is 47.4 Å². The summed E-state index contributed by atoms with van der Waals surface area (Å²) in [6.45, 7) is 3.62. The zero-order valence-electron chi connectivity index (χ0n) is 11.1. The highest BCUT2D eigenvalue weighted by Crippen LogP contribution is 2.22. The fraction of sp³-hybridized carbons (Fsp3) is 0.267. The molecule has 2 rings (SSSR count). The van der Waals surface area contributed by atoms with E-state index in [0.29, 0.717) is 29.7 Å². The zero-order chi connectivity index (χ0) is 13.8. The molecule has 0 fully saturated rings. The molecule has 0 atom stereocenters. The van der Waals surface area contributed by atoms with Crippen LogP contribution >= 0.6 is 0 Å². The molecule has 0 bridgehead atoms. The highest BCUT2D eigenvalue weighted by molar-refractivity contribution is 6.06. The highest BCUT2D eigenvalue weighted by Gasteiger charge is 2.18. The highest BCUT2D eigenvalue weighted by atomic mass is 16.1. The average Bonchev–Trinajstić information content (AvgIpc) is 2.98. The van der Waals surface area contributed by atoms with E-state index in [9.17, 15) is 9.59 Å². The Hall–Kier alpha value is -2.23. The van der Waals surface area contributed by atoms with Gasteiger partial charge in [-0.25, -0.2) is 4.68 Å². The fourth-order valence-corrected chi connectivity index (χ4v) is 2.02. The van der Waals surface area contributed by atoms with E-state index in [0.717, 1.165) is 0 Å². The molecule has 0 aliphatic heterocycles. The first-order valence-electron chi connectivity index (χ1n) is 6.38. The van der Waals surface area contributed by atoms with E-state index in [1.807, 2.05) is 13.8 Å². The summed E-state index contributed by atoms with van der Waals surface area (Å²) in [4.78, 5) is 24.1. The zero-order valence-corrected chi connectivity index (χ0v) is 11.1. The van der Waals surface area contributed by atoms with Gasteiger partial charge in [0.2, 0.25) is 0 Å². The largest absolute Gasteiger partial charge is 0.294 e. The van der Waals surface area contributed by atoms with Crippen molar-refractivity contribution >= 4 is 11.6 Å². The smallest absolute Gasteiger partial charge is 0.164 e. The summed E-state index contributed by atoms with van der Waals surface area (Å²) in [6.07, 6.45) is 4.18. The van der Waals surface area contributed by atoms with Crippen LogP contribution in [-0.2, 0) is 0 Å². The predicted octanol–water partition coefficient (Wildman–Crippen LogP) is 3.06. The Balaban J connectivity index is 2.69. The Bertz CT molecular complexity index is 566. The number of carbonyl (C=O) groups excluding carboxylic acids is 2. The van der Waals surface area contributed by atoms with Gasteiger partial charge in [-0.3, -0.25) is 9.59 Å². The quantitative estimate of drug-likeness (QED) is 0.772. The minimum atomic E-state index is 0.0104. The Morgan fingerprint density at radius 1 is 1.05 bits per heavy atom. The van der Waals surface area contributed by atoms with Gasteiger partial charge in [0.05, 0.1) is 5.69 Å². The van der Waals surface area contributed by atoms with E-state index < -0.39 is 0 Å². The third-order valence-corrected chi connectivity index (χ3v) is 3.01. The summed E-state index contributed by atoms with van der Waals surface area (Å²) in [5.41, 5.74) is 1.68. The lowest BCUT2D eigenvalue weighted by Gasteiger charge is -2.12. The van der Waals surface area contributed by atoms with Crippen LogP contribution in [0.4, 0.5) is 0 Å². The van der Waals surface area contributed by atoms with Crippen LogP contribution < -0.4 is 0 Å². The SMILES string of the molecule is CCC(=O)c1cccc(C(=O)CC)c1-n1cccn1. The van der Waals surface area contributed by atoms with Crippen LogP contribution in [0.3, 0.4) is 0 Å². The van der Waals surface area contributed by atoms with E-state index in [4.69, 9.17) is 0 Å². The van der Waals surface area contributed by atoms with E-state index >= 15 is 0 Å². The third-order valence-electron chi connectivity index (χ3n) is 3.01. The van der Waals surface area contributed by atoms with Crippen molar-refractivity contribution in [3.05, 3.63) is 47.8 Å². The number of aromatic nitrogens is 2. The van der Waals surface area contributed by atoms with Crippen molar-refractivity contribution in [3.8, 4) is 5.69 Å². The summed E-state index contributed by atoms with van der Waals surface area (Å²) in [7, 11) is 0. The molecule has 0 unspecified atom stereocenters. The molecule has 0 amide bonds. The van der Waals surface area contributed by atoms with Gasteiger partial charge in [0, 0.05) is 36.4 Å². The molecule has 1 heterocycles. The molecule has 0 saturated heterocycles. The van der Waals surface area contributed by atoms with E-state index in [-0.39, 0.29) is 11.6 Å². The molecule has 4 heteroatoms. The molecular formula is C15H16N2O2. The number of hydrogen-bond donors (Lipinski definition) is 0. The number of rotatable bonds is 5. The molecule has 98 valence electrons. The van der Waals surface area contributed by atoms with Crippen LogP contribution in [0, 0.1) is 0 Å². The van der Waals surface area contributed by atoms with E-state index in [1.54, 1.807) is 41.3 Å². The molecule has 0 saturated carbocycles. The van der Waals surface area contributed by atoms with Crippen molar-refractivity contribution in [1.29, 1.82) is 0 Å².